The van der Waals surface area contributed by atoms with Crippen molar-refractivity contribution in [1.82, 2.24) is 19.4 Å². The second-order valence-electron chi connectivity index (χ2n) is 4.42. The largest absolute Gasteiger partial charge is 0.395 e. The summed E-state index contributed by atoms with van der Waals surface area (Å²) in [5, 5.41) is 17.5. The van der Waals surface area contributed by atoms with Crippen molar-refractivity contribution in [1.29, 1.82) is 0 Å². The highest BCUT2D eigenvalue weighted by molar-refractivity contribution is 7.10. The van der Waals surface area contributed by atoms with Gasteiger partial charge in [0.15, 0.2) is 0 Å². The van der Waals surface area contributed by atoms with E-state index in [0.717, 1.165) is 56.5 Å². The van der Waals surface area contributed by atoms with Crippen LogP contribution in [0.25, 0.3) is 0 Å². The van der Waals surface area contributed by atoms with Crippen molar-refractivity contribution in [2.75, 3.05) is 51.2 Å². The predicted molar refractivity (Wildman–Crippen MR) is 72.9 cm³/mol. The zero-order valence-corrected chi connectivity index (χ0v) is 11.6. The van der Waals surface area contributed by atoms with E-state index in [9.17, 15) is 0 Å². The molecule has 1 aliphatic heterocycles. The van der Waals surface area contributed by atoms with E-state index < -0.39 is 0 Å². The molecule has 1 fully saturated rings. The summed E-state index contributed by atoms with van der Waals surface area (Å²) in [6, 6.07) is 0. The molecule has 2 N–H and O–H groups in total. The molecule has 1 saturated heterocycles. The van der Waals surface area contributed by atoms with Gasteiger partial charge in [-0.25, -0.2) is 0 Å². The molecule has 0 saturated carbocycles. The number of aliphatic hydroxyl groups excluding tert-OH is 1. The Hall–Kier alpha value is -0.760. The molecule has 0 aliphatic carbocycles. The molecule has 18 heavy (non-hydrogen) atoms. The summed E-state index contributed by atoms with van der Waals surface area (Å²) in [6.45, 7) is 8.99. The fourth-order valence-electron chi connectivity index (χ4n) is 2.13. The van der Waals surface area contributed by atoms with E-state index >= 15 is 0 Å². The molecular formula is C11H21N5OS. The molecule has 102 valence electrons. The van der Waals surface area contributed by atoms with Gasteiger partial charge in [0, 0.05) is 57.3 Å². The van der Waals surface area contributed by atoms with Gasteiger partial charge in [0.1, 0.15) is 10.7 Å². The van der Waals surface area contributed by atoms with Crippen LogP contribution in [0, 0.1) is 0 Å². The van der Waals surface area contributed by atoms with Crippen molar-refractivity contribution < 1.29 is 5.11 Å². The van der Waals surface area contributed by atoms with Crippen molar-refractivity contribution in [2.24, 2.45) is 0 Å². The number of hydrogen-bond donors (Lipinski definition) is 2. The Balaban J connectivity index is 1.82. The summed E-state index contributed by atoms with van der Waals surface area (Å²) in [5.41, 5.74) is 1.05. The highest BCUT2D eigenvalue weighted by Gasteiger charge is 2.18. The fourth-order valence-corrected chi connectivity index (χ4v) is 2.77. The highest BCUT2D eigenvalue weighted by atomic mass is 32.1. The number of β-amino-alcohol motifs (C(OH)–C–C–N with tert-alkyl or cyclic N) is 1. The Morgan fingerprint density at radius 3 is 2.67 bits per heavy atom. The topological polar surface area (TPSA) is 64.5 Å². The number of nitrogens with one attached hydrogen (secondary N) is 1. The van der Waals surface area contributed by atoms with Crippen LogP contribution in [-0.2, 0) is 6.54 Å². The molecule has 2 heterocycles. The first-order chi connectivity index (χ1) is 8.83. The molecule has 0 spiro atoms. The maximum atomic E-state index is 8.91. The number of hydrogen-bond acceptors (Lipinski definition) is 7. The normalized spacial score (nSPS) is 18.1. The predicted octanol–water partition coefficient (Wildman–Crippen LogP) is 0.0798. The molecule has 1 aromatic heterocycles. The lowest BCUT2D eigenvalue weighted by Gasteiger charge is -2.33. The van der Waals surface area contributed by atoms with Crippen molar-refractivity contribution in [2.45, 2.75) is 13.5 Å². The Morgan fingerprint density at radius 1 is 1.28 bits per heavy atom. The van der Waals surface area contributed by atoms with Gasteiger partial charge in [-0.15, -0.1) is 5.10 Å². The van der Waals surface area contributed by atoms with E-state index in [-0.39, 0.29) is 6.61 Å². The minimum atomic E-state index is 0.251. The van der Waals surface area contributed by atoms with E-state index in [4.69, 9.17) is 5.11 Å². The van der Waals surface area contributed by atoms with E-state index in [1.165, 1.54) is 11.5 Å². The first-order valence-corrected chi connectivity index (χ1v) is 7.21. The summed E-state index contributed by atoms with van der Waals surface area (Å²) in [6.07, 6.45) is 0. The van der Waals surface area contributed by atoms with Gasteiger partial charge in [-0.3, -0.25) is 9.80 Å². The van der Waals surface area contributed by atoms with Crippen molar-refractivity contribution in [3.63, 3.8) is 0 Å². The number of aromatic nitrogens is 2. The number of piperazine rings is 1. The Bertz CT molecular complexity index is 351. The smallest absolute Gasteiger partial charge is 0.134 e. The summed E-state index contributed by atoms with van der Waals surface area (Å²) in [5.74, 6) is 0. The van der Waals surface area contributed by atoms with Crippen LogP contribution in [0.4, 0.5) is 5.00 Å². The number of aliphatic hydroxyl groups is 1. The third-order valence-electron chi connectivity index (χ3n) is 3.15. The molecule has 0 bridgehead atoms. The SMILES string of the molecule is CCNc1snnc1CN1CCN(CCO)CC1. The third kappa shape index (κ3) is 3.61. The van der Waals surface area contributed by atoms with Gasteiger partial charge in [0.25, 0.3) is 0 Å². The minimum absolute atomic E-state index is 0.251. The van der Waals surface area contributed by atoms with E-state index in [1.807, 2.05) is 0 Å². The number of anilines is 1. The molecular weight excluding hydrogens is 250 g/mol. The third-order valence-corrected chi connectivity index (χ3v) is 3.87. The van der Waals surface area contributed by atoms with Gasteiger partial charge in [-0.2, -0.15) is 0 Å². The zero-order valence-electron chi connectivity index (χ0n) is 10.8. The van der Waals surface area contributed by atoms with Gasteiger partial charge >= 0.3 is 0 Å². The molecule has 1 aliphatic rings. The molecule has 0 radical (unpaired) electrons. The molecule has 0 aromatic carbocycles. The molecule has 0 atom stereocenters. The van der Waals surface area contributed by atoms with E-state index in [0.29, 0.717) is 0 Å². The zero-order chi connectivity index (χ0) is 12.8. The van der Waals surface area contributed by atoms with Gasteiger partial charge in [-0.1, -0.05) is 4.49 Å². The van der Waals surface area contributed by atoms with Gasteiger partial charge < -0.3 is 10.4 Å². The van der Waals surface area contributed by atoms with Gasteiger partial charge in [0.2, 0.25) is 0 Å². The fraction of sp³-hybridized carbons (Fsp3) is 0.818. The first-order valence-electron chi connectivity index (χ1n) is 6.44. The second-order valence-corrected chi connectivity index (χ2v) is 5.17. The molecule has 0 amide bonds. The van der Waals surface area contributed by atoms with E-state index in [1.54, 1.807) is 0 Å². The van der Waals surface area contributed by atoms with E-state index in [2.05, 4.69) is 31.6 Å². The minimum Gasteiger partial charge on any atom is -0.395 e. The maximum absolute atomic E-state index is 8.91. The summed E-state index contributed by atoms with van der Waals surface area (Å²) >= 11 is 1.43. The summed E-state index contributed by atoms with van der Waals surface area (Å²) in [4.78, 5) is 4.69. The summed E-state index contributed by atoms with van der Waals surface area (Å²) in [7, 11) is 0. The number of nitrogens with zero attached hydrogens (tertiary/aromatic N) is 4. The van der Waals surface area contributed by atoms with Crippen molar-refractivity contribution >= 4 is 16.5 Å². The lowest BCUT2D eigenvalue weighted by Crippen LogP contribution is -2.46. The first kappa shape index (κ1) is 13.7. The monoisotopic (exact) mass is 271 g/mol. The van der Waals surface area contributed by atoms with Crippen LogP contribution in [0.3, 0.4) is 0 Å². The molecule has 0 unspecified atom stereocenters. The van der Waals surface area contributed by atoms with Crippen LogP contribution >= 0.6 is 11.5 Å². The van der Waals surface area contributed by atoms with Crippen molar-refractivity contribution in [3.8, 4) is 0 Å². The summed E-state index contributed by atoms with van der Waals surface area (Å²) < 4.78 is 4.01. The van der Waals surface area contributed by atoms with Crippen LogP contribution in [0.2, 0.25) is 0 Å². The number of rotatable bonds is 6. The molecule has 1 aromatic rings. The molecule has 2 rings (SSSR count). The maximum Gasteiger partial charge on any atom is 0.134 e. The molecule has 6 nitrogen and oxygen atoms in total. The van der Waals surface area contributed by atoms with Crippen LogP contribution in [0.5, 0.6) is 0 Å². The van der Waals surface area contributed by atoms with Crippen LogP contribution < -0.4 is 5.32 Å². The van der Waals surface area contributed by atoms with Crippen LogP contribution in [-0.4, -0.2) is 70.4 Å². The lowest BCUT2D eigenvalue weighted by molar-refractivity contribution is 0.108. The standard InChI is InChI=1S/C11H21N5OS/c1-2-12-11-10(13-14-18-11)9-16-5-3-15(4-6-16)7-8-17/h12,17H,2-9H2,1H3. The Kier molecular flexibility index (Phi) is 5.30. The van der Waals surface area contributed by atoms with Gasteiger partial charge in [0.05, 0.1) is 6.61 Å². The Morgan fingerprint density at radius 2 is 2.00 bits per heavy atom. The molecule has 7 heteroatoms. The van der Waals surface area contributed by atoms with Gasteiger partial charge in [-0.05, 0) is 6.92 Å². The Labute approximate surface area is 112 Å². The lowest BCUT2D eigenvalue weighted by atomic mass is 10.3. The van der Waals surface area contributed by atoms with Crippen molar-refractivity contribution in [3.05, 3.63) is 5.69 Å². The van der Waals surface area contributed by atoms with Crippen LogP contribution in [0.1, 0.15) is 12.6 Å². The average molecular weight is 271 g/mol. The highest BCUT2D eigenvalue weighted by Crippen LogP contribution is 2.19. The second kappa shape index (κ2) is 6.98. The average Bonchev–Trinajstić information content (AvgIpc) is 2.80. The quantitative estimate of drug-likeness (QED) is 0.764. The van der Waals surface area contributed by atoms with Crippen LogP contribution in [0.15, 0.2) is 0 Å².